The molecule has 0 saturated heterocycles. The molecular formula is C12H16BrCl2NO2S. The molecule has 3 nitrogen and oxygen atoms in total. The van der Waals surface area contributed by atoms with Gasteiger partial charge in [0.25, 0.3) is 0 Å². The van der Waals surface area contributed by atoms with E-state index in [1.165, 1.54) is 23.5 Å². The quantitative estimate of drug-likeness (QED) is 0.765. The van der Waals surface area contributed by atoms with Gasteiger partial charge in [0.15, 0.2) is 0 Å². The molecule has 0 radical (unpaired) electrons. The third-order valence-corrected chi connectivity index (χ3v) is 6.46. The van der Waals surface area contributed by atoms with Gasteiger partial charge in [0.05, 0.1) is 10.0 Å². The first-order valence-electron chi connectivity index (χ1n) is 5.71. The zero-order valence-electron chi connectivity index (χ0n) is 11.1. The Labute approximate surface area is 133 Å². The topological polar surface area (TPSA) is 37.4 Å². The maximum atomic E-state index is 12.6. The molecule has 1 rings (SSSR count). The van der Waals surface area contributed by atoms with E-state index >= 15 is 0 Å². The normalized spacial score (nSPS) is 14.2. The van der Waals surface area contributed by atoms with Crippen molar-refractivity contribution in [1.29, 1.82) is 0 Å². The summed E-state index contributed by atoms with van der Waals surface area (Å²) in [7, 11) is -2.18. The molecule has 0 bridgehead atoms. The zero-order valence-corrected chi connectivity index (χ0v) is 15.0. The van der Waals surface area contributed by atoms with Crippen LogP contribution in [0.15, 0.2) is 21.5 Å². The van der Waals surface area contributed by atoms with Crippen LogP contribution in [0.4, 0.5) is 0 Å². The summed E-state index contributed by atoms with van der Waals surface area (Å²) in [6, 6.07) is 2.89. The van der Waals surface area contributed by atoms with Crippen LogP contribution in [-0.2, 0) is 10.0 Å². The molecule has 1 aromatic carbocycles. The van der Waals surface area contributed by atoms with Crippen LogP contribution >= 0.6 is 39.1 Å². The summed E-state index contributed by atoms with van der Waals surface area (Å²) < 4.78 is 27.1. The Morgan fingerprint density at radius 1 is 1.16 bits per heavy atom. The Balaban J connectivity index is 3.36. The fourth-order valence-corrected chi connectivity index (χ4v) is 4.93. The van der Waals surface area contributed by atoms with Gasteiger partial charge in [0, 0.05) is 17.6 Å². The maximum absolute atomic E-state index is 12.6. The lowest BCUT2D eigenvalue weighted by Crippen LogP contribution is -2.38. The van der Waals surface area contributed by atoms with E-state index < -0.39 is 10.0 Å². The van der Waals surface area contributed by atoms with Crippen molar-refractivity contribution in [3.63, 3.8) is 0 Å². The van der Waals surface area contributed by atoms with Crippen LogP contribution in [0.25, 0.3) is 0 Å². The zero-order chi connectivity index (χ0) is 15.0. The molecule has 0 aromatic heterocycles. The van der Waals surface area contributed by atoms with Crippen LogP contribution in [-0.4, -0.2) is 25.8 Å². The van der Waals surface area contributed by atoms with E-state index in [9.17, 15) is 8.42 Å². The SMILES string of the molecule is CC(C)[C@H](C)N(C)S(=O)(=O)c1c(Cl)cc(Br)cc1Cl. The number of hydrogen-bond acceptors (Lipinski definition) is 2. The molecule has 19 heavy (non-hydrogen) atoms. The second-order valence-electron chi connectivity index (χ2n) is 4.70. The van der Waals surface area contributed by atoms with Crippen LogP contribution in [0, 0.1) is 5.92 Å². The highest BCUT2D eigenvalue weighted by atomic mass is 79.9. The van der Waals surface area contributed by atoms with E-state index in [1.54, 1.807) is 0 Å². The summed E-state index contributed by atoms with van der Waals surface area (Å²) in [4.78, 5) is -0.0472. The van der Waals surface area contributed by atoms with Crippen molar-refractivity contribution >= 4 is 49.2 Å². The minimum absolute atomic E-state index is 0.0472. The summed E-state index contributed by atoms with van der Waals surface area (Å²) in [5.74, 6) is 0.188. The highest BCUT2D eigenvalue weighted by Crippen LogP contribution is 2.35. The van der Waals surface area contributed by atoms with Gasteiger partial charge >= 0.3 is 0 Å². The van der Waals surface area contributed by atoms with Gasteiger partial charge in [-0.2, -0.15) is 4.31 Å². The highest BCUT2D eigenvalue weighted by molar-refractivity contribution is 9.10. The molecule has 0 fully saturated rings. The molecule has 108 valence electrons. The second kappa shape index (κ2) is 6.31. The number of halogens is 3. The molecule has 0 aliphatic rings. The van der Waals surface area contributed by atoms with Crippen LogP contribution in [0.1, 0.15) is 20.8 Å². The Bertz CT molecular complexity index is 552. The molecule has 0 spiro atoms. The van der Waals surface area contributed by atoms with Crippen LogP contribution in [0.2, 0.25) is 10.0 Å². The first-order chi connectivity index (χ1) is 8.59. The second-order valence-corrected chi connectivity index (χ2v) is 8.37. The molecule has 0 heterocycles. The van der Waals surface area contributed by atoms with Crippen molar-refractivity contribution < 1.29 is 8.42 Å². The van der Waals surface area contributed by atoms with E-state index in [4.69, 9.17) is 23.2 Å². The van der Waals surface area contributed by atoms with Gasteiger partial charge in [-0.1, -0.05) is 53.0 Å². The van der Waals surface area contributed by atoms with E-state index in [2.05, 4.69) is 15.9 Å². The predicted octanol–water partition coefficient (Wildman–Crippen LogP) is 4.42. The van der Waals surface area contributed by atoms with Crippen molar-refractivity contribution in [2.75, 3.05) is 7.05 Å². The number of hydrogen-bond donors (Lipinski definition) is 0. The van der Waals surface area contributed by atoms with Gasteiger partial charge in [0.1, 0.15) is 4.90 Å². The smallest absolute Gasteiger partial charge is 0.207 e. The molecule has 0 N–H and O–H groups in total. The lowest BCUT2D eigenvalue weighted by Gasteiger charge is -2.27. The van der Waals surface area contributed by atoms with Gasteiger partial charge < -0.3 is 0 Å². The molecule has 0 aliphatic heterocycles. The summed E-state index contributed by atoms with van der Waals surface area (Å²) in [6.45, 7) is 5.77. The van der Waals surface area contributed by atoms with Gasteiger partial charge in [0.2, 0.25) is 10.0 Å². The fourth-order valence-electron chi connectivity index (χ4n) is 1.56. The Morgan fingerprint density at radius 3 is 1.95 bits per heavy atom. The lowest BCUT2D eigenvalue weighted by atomic mass is 10.1. The van der Waals surface area contributed by atoms with Gasteiger partial charge in [-0.15, -0.1) is 0 Å². The fraction of sp³-hybridized carbons (Fsp3) is 0.500. The third kappa shape index (κ3) is 3.64. The Morgan fingerprint density at radius 2 is 1.58 bits per heavy atom. The minimum Gasteiger partial charge on any atom is -0.207 e. The molecule has 0 aliphatic carbocycles. The number of sulfonamides is 1. The Hall–Kier alpha value is 0.190. The first kappa shape index (κ1) is 17.2. The van der Waals surface area contributed by atoms with Gasteiger partial charge in [-0.3, -0.25) is 0 Å². The van der Waals surface area contributed by atoms with E-state index in [-0.39, 0.29) is 26.9 Å². The standard InChI is InChI=1S/C12H16BrCl2NO2S/c1-7(2)8(3)16(4)19(17,18)12-10(14)5-9(13)6-11(12)15/h5-8H,1-4H3/t8-/m0/s1. The van der Waals surface area contributed by atoms with Crippen molar-refractivity contribution in [2.24, 2.45) is 5.92 Å². The van der Waals surface area contributed by atoms with Crippen molar-refractivity contribution in [2.45, 2.75) is 31.7 Å². The number of benzene rings is 1. The van der Waals surface area contributed by atoms with Crippen LogP contribution in [0.5, 0.6) is 0 Å². The number of rotatable bonds is 4. The Kier molecular flexibility index (Phi) is 5.72. The van der Waals surface area contributed by atoms with Crippen LogP contribution < -0.4 is 0 Å². The molecule has 1 aromatic rings. The van der Waals surface area contributed by atoms with Crippen LogP contribution in [0.3, 0.4) is 0 Å². The predicted molar refractivity (Wildman–Crippen MR) is 83.4 cm³/mol. The van der Waals surface area contributed by atoms with Crippen molar-refractivity contribution in [3.05, 3.63) is 26.7 Å². The molecule has 0 amide bonds. The minimum atomic E-state index is -3.71. The molecule has 7 heteroatoms. The van der Waals surface area contributed by atoms with E-state index in [0.29, 0.717) is 4.47 Å². The summed E-state index contributed by atoms with van der Waals surface area (Å²) in [5, 5.41) is 0.226. The molecular weight excluding hydrogens is 373 g/mol. The lowest BCUT2D eigenvalue weighted by molar-refractivity contribution is 0.316. The summed E-state index contributed by atoms with van der Waals surface area (Å²) in [6.07, 6.45) is 0. The summed E-state index contributed by atoms with van der Waals surface area (Å²) >= 11 is 15.3. The molecule has 0 saturated carbocycles. The largest absolute Gasteiger partial charge is 0.246 e. The summed E-state index contributed by atoms with van der Waals surface area (Å²) in [5.41, 5.74) is 0. The monoisotopic (exact) mass is 387 g/mol. The third-order valence-electron chi connectivity index (χ3n) is 3.14. The highest BCUT2D eigenvalue weighted by Gasteiger charge is 2.31. The van der Waals surface area contributed by atoms with E-state index in [0.717, 1.165) is 0 Å². The average molecular weight is 389 g/mol. The van der Waals surface area contributed by atoms with Crippen molar-refractivity contribution in [1.82, 2.24) is 4.31 Å². The van der Waals surface area contributed by atoms with Crippen molar-refractivity contribution in [3.8, 4) is 0 Å². The first-order valence-corrected chi connectivity index (χ1v) is 8.70. The van der Waals surface area contributed by atoms with Gasteiger partial charge in [-0.25, -0.2) is 8.42 Å². The number of nitrogens with zero attached hydrogens (tertiary/aromatic N) is 1. The van der Waals surface area contributed by atoms with Gasteiger partial charge in [-0.05, 0) is 25.0 Å². The maximum Gasteiger partial charge on any atom is 0.246 e. The van der Waals surface area contributed by atoms with E-state index in [1.807, 2.05) is 20.8 Å². The molecule has 0 unspecified atom stereocenters. The molecule has 1 atom stereocenters. The average Bonchev–Trinajstić information content (AvgIpc) is 2.24.